The van der Waals surface area contributed by atoms with Crippen molar-refractivity contribution in [3.05, 3.63) is 89.1 Å². The van der Waals surface area contributed by atoms with E-state index in [4.69, 9.17) is 0 Å². The molecule has 5 rings (SSSR count). The molecule has 4 aromatic carbocycles. The first-order valence-corrected chi connectivity index (χ1v) is 8.39. The van der Waals surface area contributed by atoms with Crippen molar-refractivity contribution in [2.75, 3.05) is 0 Å². The molecule has 0 aliphatic carbocycles. The summed E-state index contributed by atoms with van der Waals surface area (Å²) in [5, 5.41) is 16.6. The first kappa shape index (κ1) is 14.7. The minimum absolute atomic E-state index is 0.158. The summed E-state index contributed by atoms with van der Waals surface area (Å²) in [6.07, 6.45) is 1.88. The molecule has 0 aliphatic rings. The first-order chi connectivity index (χ1) is 12.7. The van der Waals surface area contributed by atoms with Gasteiger partial charge in [0.25, 0.3) is 5.69 Å². The number of aromatic nitrogens is 1. The van der Waals surface area contributed by atoms with Crippen LogP contribution in [0.2, 0.25) is 0 Å². The van der Waals surface area contributed by atoms with Gasteiger partial charge in [-0.3, -0.25) is 10.1 Å². The highest BCUT2D eigenvalue weighted by Crippen LogP contribution is 2.43. The van der Waals surface area contributed by atoms with Gasteiger partial charge in [0, 0.05) is 11.7 Å². The number of benzene rings is 4. The van der Waals surface area contributed by atoms with Crippen molar-refractivity contribution in [2.24, 2.45) is 0 Å². The van der Waals surface area contributed by atoms with Gasteiger partial charge in [-0.1, -0.05) is 54.6 Å². The molecule has 1 aromatic heterocycles. The van der Waals surface area contributed by atoms with E-state index >= 15 is 0 Å². The van der Waals surface area contributed by atoms with Crippen LogP contribution in [0.15, 0.2) is 79.0 Å². The van der Waals surface area contributed by atoms with Gasteiger partial charge < -0.3 is 4.98 Å². The summed E-state index contributed by atoms with van der Waals surface area (Å²) >= 11 is 0. The lowest BCUT2D eigenvalue weighted by atomic mass is 9.91. The second kappa shape index (κ2) is 5.43. The summed E-state index contributed by atoms with van der Waals surface area (Å²) in [5.41, 5.74) is 2.63. The summed E-state index contributed by atoms with van der Waals surface area (Å²) in [6.45, 7) is 0. The van der Waals surface area contributed by atoms with Crippen molar-refractivity contribution < 1.29 is 4.92 Å². The lowest BCUT2D eigenvalue weighted by Gasteiger charge is -2.12. The molecule has 1 N–H and O–H groups in total. The summed E-state index contributed by atoms with van der Waals surface area (Å²) in [7, 11) is 0. The predicted molar refractivity (Wildman–Crippen MR) is 105 cm³/mol. The Bertz CT molecular complexity index is 1320. The molecule has 0 bridgehead atoms. The molecular formula is C22H14N2O2. The highest BCUT2D eigenvalue weighted by atomic mass is 16.6. The Morgan fingerprint density at radius 2 is 1.42 bits per heavy atom. The SMILES string of the molecule is O=[N+]([O-])c1c(-c2ccc3cc[nH]c3c2)c2ccccc2c2ccccc12. The number of fused-ring (bicyclic) bond motifs is 4. The number of nitrogens with zero attached hydrogens (tertiary/aromatic N) is 1. The summed E-state index contributed by atoms with van der Waals surface area (Å²) in [4.78, 5) is 15.0. The number of nitrogens with one attached hydrogen (secondary N) is 1. The zero-order valence-corrected chi connectivity index (χ0v) is 13.8. The summed E-state index contributed by atoms with van der Waals surface area (Å²) in [5.74, 6) is 0. The summed E-state index contributed by atoms with van der Waals surface area (Å²) < 4.78 is 0. The molecule has 0 unspecified atom stereocenters. The van der Waals surface area contributed by atoms with Crippen LogP contribution in [0.5, 0.6) is 0 Å². The topological polar surface area (TPSA) is 58.9 Å². The van der Waals surface area contributed by atoms with Gasteiger partial charge in [-0.15, -0.1) is 0 Å². The molecule has 0 radical (unpaired) electrons. The molecular weight excluding hydrogens is 324 g/mol. The Labute approximate surface area is 148 Å². The Kier molecular flexibility index (Phi) is 3.06. The minimum Gasteiger partial charge on any atom is -0.361 e. The van der Waals surface area contributed by atoms with E-state index in [1.165, 1.54) is 0 Å². The predicted octanol–water partition coefficient (Wildman–Crippen LogP) is 6.05. The highest BCUT2D eigenvalue weighted by molar-refractivity contribution is 6.19. The normalized spacial score (nSPS) is 11.4. The molecule has 0 saturated carbocycles. The molecule has 0 saturated heterocycles. The van der Waals surface area contributed by atoms with E-state index in [1.54, 1.807) is 0 Å². The van der Waals surface area contributed by atoms with Crippen LogP contribution in [0.25, 0.3) is 43.6 Å². The molecule has 0 fully saturated rings. The molecule has 0 atom stereocenters. The molecule has 4 heteroatoms. The van der Waals surface area contributed by atoms with Gasteiger partial charge >= 0.3 is 0 Å². The van der Waals surface area contributed by atoms with Crippen molar-refractivity contribution in [3.63, 3.8) is 0 Å². The van der Waals surface area contributed by atoms with E-state index in [0.717, 1.165) is 32.6 Å². The van der Waals surface area contributed by atoms with Gasteiger partial charge in [-0.2, -0.15) is 0 Å². The van der Waals surface area contributed by atoms with E-state index in [1.807, 2.05) is 79.0 Å². The minimum atomic E-state index is -0.261. The summed E-state index contributed by atoms with van der Waals surface area (Å²) in [6, 6.07) is 23.4. The molecule has 26 heavy (non-hydrogen) atoms. The smallest absolute Gasteiger partial charge is 0.285 e. The van der Waals surface area contributed by atoms with Crippen molar-refractivity contribution in [2.45, 2.75) is 0 Å². The van der Waals surface area contributed by atoms with Crippen molar-refractivity contribution >= 4 is 38.1 Å². The number of aromatic amines is 1. The molecule has 0 amide bonds. The maximum atomic E-state index is 12.1. The van der Waals surface area contributed by atoms with E-state index < -0.39 is 0 Å². The van der Waals surface area contributed by atoms with Gasteiger partial charge in [0.2, 0.25) is 0 Å². The fourth-order valence-electron chi connectivity index (χ4n) is 3.81. The third-order valence-corrected chi connectivity index (χ3v) is 4.93. The van der Waals surface area contributed by atoms with Gasteiger partial charge in [0.05, 0.1) is 15.9 Å². The zero-order chi connectivity index (χ0) is 17.7. The van der Waals surface area contributed by atoms with Crippen LogP contribution in [0.3, 0.4) is 0 Å². The zero-order valence-electron chi connectivity index (χ0n) is 13.8. The average molecular weight is 338 g/mol. The number of hydrogen-bond acceptors (Lipinski definition) is 2. The van der Waals surface area contributed by atoms with Crippen LogP contribution < -0.4 is 0 Å². The van der Waals surface area contributed by atoms with Crippen LogP contribution in [-0.2, 0) is 0 Å². The number of hydrogen-bond donors (Lipinski definition) is 1. The first-order valence-electron chi connectivity index (χ1n) is 8.39. The number of nitro benzene ring substituents is 1. The third kappa shape index (κ3) is 2.02. The number of H-pyrrole nitrogens is 1. The van der Waals surface area contributed by atoms with Crippen LogP contribution in [0, 0.1) is 10.1 Å². The van der Waals surface area contributed by atoms with Gasteiger partial charge in [-0.25, -0.2) is 0 Å². The number of nitro groups is 1. The van der Waals surface area contributed by atoms with Crippen molar-refractivity contribution in [1.82, 2.24) is 4.98 Å². The standard InChI is InChI=1S/C22H14N2O2/c25-24(26)22-19-8-4-2-6-17(19)16-5-1-3-7-18(16)21(22)15-10-9-14-11-12-23-20(14)13-15/h1-13,23H. The van der Waals surface area contributed by atoms with E-state index in [9.17, 15) is 10.1 Å². The largest absolute Gasteiger partial charge is 0.361 e. The van der Waals surface area contributed by atoms with Crippen molar-refractivity contribution in [1.29, 1.82) is 0 Å². The van der Waals surface area contributed by atoms with Crippen LogP contribution in [-0.4, -0.2) is 9.91 Å². The van der Waals surface area contributed by atoms with Crippen LogP contribution in [0.4, 0.5) is 5.69 Å². The molecule has 5 aromatic rings. The molecule has 124 valence electrons. The quantitative estimate of drug-likeness (QED) is 0.242. The maximum Gasteiger partial charge on any atom is 0.285 e. The molecule has 0 aliphatic heterocycles. The monoisotopic (exact) mass is 338 g/mol. The van der Waals surface area contributed by atoms with Gasteiger partial charge in [-0.05, 0) is 45.3 Å². The molecule has 4 nitrogen and oxygen atoms in total. The van der Waals surface area contributed by atoms with E-state index in [2.05, 4.69) is 4.98 Å². The molecule has 1 heterocycles. The fraction of sp³-hybridized carbons (Fsp3) is 0. The Hall–Kier alpha value is -3.66. The second-order valence-corrected chi connectivity index (χ2v) is 6.35. The average Bonchev–Trinajstić information content (AvgIpc) is 3.14. The van der Waals surface area contributed by atoms with Crippen LogP contribution in [0.1, 0.15) is 0 Å². The fourth-order valence-corrected chi connectivity index (χ4v) is 3.81. The van der Waals surface area contributed by atoms with Crippen LogP contribution >= 0.6 is 0 Å². The molecule has 0 spiro atoms. The lowest BCUT2D eigenvalue weighted by Crippen LogP contribution is -1.96. The Balaban J connectivity index is 2.02. The number of rotatable bonds is 2. The second-order valence-electron chi connectivity index (χ2n) is 6.35. The Morgan fingerprint density at radius 1 is 0.769 bits per heavy atom. The Morgan fingerprint density at radius 3 is 2.15 bits per heavy atom. The van der Waals surface area contributed by atoms with Gasteiger partial charge in [0.15, 0.2) is 0 Å². The highest BCUT2D eigenvalue weighted by Gasteiger charge is 2.24. The van der Waals surface area contributed by atoms with E-state index in [-0.39, 0.29) is 10.6 Å². The van der Waals surface area contributed by atoms with E-state index in [0.29, 0.717) is 10.9 Å². The van der Waals surface area contributed by atoms with Gasteiger partial charge in [0.1, 0.15) is 0 Å². The third-order valence-electron chi connectivity index (χ3n) is 4.93. The van der Waals surface area contributed by atoms with Crippen molar-refractivity contribution in [3.8, 4) is 11.1 Å². The lowest BCUT2D eigenvalue weighted by molar-refractivity contribution is -0.382. The maximum absolute atomic E-state index is 12.1.